The molecule has 1 N–H and O–H groups in total. The number of likely N-dealkylation sites (tertiary alicyclic amines) is 1. The van der Waals surface area contributed by atoms with Gasteiger partial charge in [-0.25, -0.2) is 9.97 Å². The number of amides is 2. The van der Waals surface area contributed by atoms with Gasteiger partial charge in [-0.2, -0.15) is 0 Å². The minimum Gasteiger partial charge on any atom is -0.381 e. The van der Waals surface area contributed by atoms with Crippen LogP contribution < -0.4 is 10.2 Å². The van der Waals surface area contributed by atoms with E-state index in [1.807, 2.05) is 11.8 Å². The van der Waals surface area contributed by atoms with Gasteiger partial charge in [0.25, 0.3) is 0 Å². The molecule has 1 unspecified atom stereocenters. The highest BCUT2D eigenvalue weighted by molar-refractivity contribution is 5.82. The number of nitrogens with one attached hydrogen (secondary N) is 1. The summed E-state index contributed by atoms with van der Waals surface area (Å²) in [5.74, 6) is 2.07. The highest BCUT2D eigenvalue weighted by Gasteiger charge is 2.46. The molecule has 1 atom stereocenters. The van der Waals surface area contributed by atoms with Crippen molar-refractivity contribution in [1.82, 2.24) is 20.2 Å². The van der Waals surface area contributed by atoms with Crippen LogP contribution >= 0.6 is 0 Å². The molecule has 0 bridgehead atoms. The molecular weight excluding hydrogens is 370 g/mol. The summed E-state index contributed by atoms with van der Waals surface area (Å²) >= 11 is 0. The fourth-order valence-electron chi connectivity index (χ4n) is 5.44. The molecule has 1 spiro atoms. The average molecular weight is 399 g/mol. The second-order valence-electron chi connectivity index (χ2n) is 8.86. The largest absolute Gasteiger partial charge is 0.381 e. The Balaban J connectivity index is 1.37. The van der Waals surface area contributed by atoms with Crippen molar-refractivity contribution in [3.63, 3.8) is 0 Å². The van der Waals surface area contributed by atoms with Crippen LogP contribution in [-0.4, -0.2) is 72.6 Å². The third kappa shape index (κ3) is 3.27. The Morgan fingerprint density at radius 2 is 2.03 bits per heavy atom. The van der Waals surface area contributed by atoms with E-state index in [2.05, 4.69) is 10.2 Å². The SMILES string of the molecule is Cc1nc(N2CCNC(=O)C2)c2c(n1)C1(CC2)CCN(C(=O)C2CCOC2)CC1. The first kappa shape index (κ1) is 18.8. The minimum atomic E-state index is 0.0405. The number of carbonyl (C=O) groups excluding carboxylic acids is 2. The molecule has 2 amide bonds. The minimum absolute atomic E-state index is 0.0405. The maximum atomic E-state index is 12.8. The fourth-order valence-corrected chi connectivity index (χ4v) is 5.44. The number of hydrogen-bond acceptors (Lipinski definition) is 6. The molecule has 3 aliphatic heterocycles. The summed E-state index contributed by atoms with van der Waals surface area (Å²) in [5, 5.41) is 2.89. The van der Waals surface area contributed by atoms with E-state index in [-0.39, 0.29) is 23.1 Å². The Bertz CT molecular complexity index is 828. The quantitative estimate of drug-likeness (QED) is 0.782. The molecule has 1 aromatic rings. The third-order valence-corrected chi connectivity index (χ3v) is 7.10. The highest BCUT2D eigenvalue weighted by atomic mass is 16.5. The Hall–Kier alpha value is -2.22. The van der Waals surface area contributed by atoms with Crippen molar-refractivity contribution >= 4 is 17.6 Å². The van der Waals surface area contributed by atoms with Gasteiger partial charge < -0.3 is 19.9 Å². The standard InChI is InChI=1S/C21H29N5O3/c1-14-23-18-16(19(24-14)26-10-7-22-17(27)12-26)2-4-21(18)5-8-25(9-6-21)20(28)15-3-11-29-13-15/h15H,2-13H2,1H3,(H,22,27). The maximum Gasteiger partial charge on any atom is 0.239 e. The average Bonchev–Trinajstić information content (AvgIpc) is 3.37. The number of ether oxygens (including phenoxy) is 1. The molecule has 3 saturated heterocycles. The predicted molar refractivity (Wildman–Crippen MR) is 107 cm³/mol. The van der Waals surface area contributed by atoms with Crippen molar-refractivity contribution in [1.29, 1.82) is 0 Å². The molecule has 0 aromatic carbocycles. The lowest BCUT2D eigenvalue weighted by atomic mass is 9.76. The molecule has 4 aliphatic rings. The molecule has 29 heavy (non-hydrogen) atoms. The van der Waals surface area contributed by atoms with Crippen LogP contribution in [0.3, 0.4) is 0 Å². The number of aryl methyl sites for hydroxylation is 1. The number of anilines is 1. The first-order chi connectivity index (χ1) is 14.1. The van der Waals surface area contributed by atoms with Crippen LogP contribution in [0.5, 0.6) is 0 Å². The summed E-state index contributed by atoms with van der Waals surface area (Å²) in [7, 11) is 0. The van der Waals surface area contributed by atoms with E-state index >= 15 is 0 Å². The van der Waals surface area contributed by atoms with Gasteiger partial charge in [0.2, 0.25) is 11.8 Å². The Kier molecular flexibility index (Phi) is 4.69. The van der Waals surface area contributed by atoms with E-state index in [0.717, 1.165) is 63.4 Å². The van der Waals surface area contributed by atoms with Crippen LogP contribution in [0.2, 0.25) is 0 Å². The summed E-state index contributed by atoms with van der Waals surface area (Å²) in [6.07, 6.45) is 4.77. The summed E-state index contributed by atoms with van der Waals surface area (Å²) in [6.45, 7) is 6.60. The number of piperazine rings is 1. The summed E-state index contributed by atoms with van der Waals surface area (Å²) in [6, 6.07) is 0. The van der Waals surface area contributed by atoms with Crippen LogP contribution in [0.4, 0.5) is 5.82 Å². The predicted octanol–water partition coefficient (Wildman–Crippen LogP) is 0.564. The summed E-state index contributed by atoms with van der Waals surface area (Å²) in [4.78, 5) is 38.4. The number of rotatable bonds is 2. The Morgan fingerprint density at radius 1 is 1.21 bits per heavy atom. The third-order valence-electron chi connectivity index (χ3n) is 7.10. The van der Waals surface area contributed by atoms with E-state index in [1.165, 1.54) is 11.3 Å². The first-order valence-corrected chi connectivity index (χ1v) is 10.8. The summed E-state index contributed by atoms with van der Waals surface area (Å²) in [5.41, 5.74) is 2.43. The molecule has 1 aliphatic carbocycles. The molecule has 8 heteroatoms. The van der Waals surface area contributed by atoms with E-state index in [4.69, 9.17) is 14.7 Å². The van der Waals surface area contributed by atoms with Gasteiger partial charge in [-0.3, -0.25) is 9.59 Å². The summed E-state index contributed by atoms with van der Waals surface area (Å²) < 4.78 is 5.40. The fraction of sp³-hybridized carbons (Fsp3) is 0.714. The maximum absolute atomic E-state index is 12.8. The number of fused-ring (bicyclic) bond motifs is 2. The molecule has 3 fully saturated rings. The first-order valence-electron chi connectivity index (χ1n) is 10.8. The monoisotopic (exact) mass is 399 g/mol. The zero-order chi connectivity index (χ0) is 20.0. The van der Waals surface area contributed by atoms with Crippen molar-refractivity contribution in [3.8, 4) is 0 Å². The van der Waals surface area contributed by atoms with Crippen molar-refractivity contribution in [2.75, 3.05) is 50.8 Å². The van der Waals surface area contributed by atoms with Gasteiger partial charge in [-0.05, 0) is 39.0 Å². The van der Waals surface area contributed by atoms with E-state index < -0.39 is 0 Å². The number of piperidine rings is 1. The van der Waals surface area contributed by atoms with Gasteiger partial charge >= 0.3 is 0 Å². The van der Waals surface area contributed by atoms with Gasteiger partial charge in [0.1, 0.15) is 11.6 Å². The molecule has 5 rings (SSSR count). The van der Waals surface area contributed by atoms with Crippen LogP contribution in [0.15, 0.2) is 0 Å². The van der Waals surface area contributed by atoms with E-state index in [0.29, 0.717) is 26.3 Å². The van der Waals surface area contributed by atoms with E-state index in [1.54, 1.807) is 0 Å². The zero-order valence-corrected chi connectivity index (χ0v) is 17.1. The van der Waals surface area contributed by atoms with Gasteiger partial charge in [0.15, 0.2) is 0 Å². The van der Waals surface area contributed by atoms with Gasteiger partial charge in [-0.15, -0.1) is 0 Å². The van der Waals surface area contributed by atoms with Crippen LogP contribution in [0.25, 0.3) is 0 Å². The van der Waals surface area contributed by atoms with Crippen molar-refractivity contribution in [3.05, 3.63) is 17.1 Å². The number of nitrogens with zero attached hydrogens (tertiary/aromatic N) is 4. The molecular formula is C21H29N5O3. The van der Waals surface area contributed by atoms with E-state index in [9.17, 15) is 9.59 Å². The molecule has 156 valence electrons. The highest BCUT2D eigenvalue weighted by Crippen LogP contribution is 2.47. The van der Waals surface area contributed by atoms with Crippen molar-refractivity contribution in [2.24, 2.45) is 5.92 Å². The number of carbonyl (C=O) groups is 2. The molecule has 0 radical (unpaired) electrons. The molecule has 4 heterocycles. The Labute approximate surface area is 171 Å². The zero-order valence-electron chi connectivity index (χ0n) is 17.1. The van der Waals surface area contributed by atoms with Crippen LogP contribution in [-0.2, 0) is 26.2 Å². The topological polar surface area (TPSA) is 87.7 Å². The smallest absolute Gasteiger partial charge is 0.239 e. The normalized spacial score (nSPS) is 26.0. The second kappa shape index (κ2) is 7.23. The molecule has 8 nitrogen and oxygen atoms in total. The molecule has 1 aromatic heterocycles. The van der Waals surface area contributed by atoms with Gasteiger partial charge in [0.05, 0.1) is 24.8 Å². The van der Waals surface area contributed by atoms with Crippen LogP contribution in [0.1, 0.15) is 42.8 Å². The lowest BCUT2D eigenvalue weighted by Gasteiger charge is -2.40. The van der Waals surface area contributed by atoms with Gasteiger partial charge in [0, 0.05) is 43.8 Å². The Morgan fingerprint density at radius 3 is 2.76 bits per heavy atom. The lowest BCUT2D eigenvalue weighted by molar-refractivity contribution is -0.137. The number of hydrogen-bond donors (Lipinski definition) is 1. The second-order valence-corrected chi connectivity index (χ2v) is 8.86. The lowest BCUT2D eigenvalue weighted by Crippen LogP contribution is -2.48. The van der Waals surface area contributed by atoms with Crippen molar-refractivity contribution < 1.29 is 14.3 Å². The van der Waals surface area contributed by atoms with Crippen molar-refractivity contribution in [2.45, 2.75) is 44.4 Å². The molecule has 0 saturated carbocycles. The van der Waals surface area contributed by atoms with Gasteiger partial charge in [-0.1, -0.05) is 0 Å². The number of aromatic nitrogens is 2. The van der Waals surface area contributed by atoms with Crippen LogP contribution in [0, 0.1) is 12.8 Å².